The normalized spacial score (nSPS) is 15.3. The Labute approximate surface area is 194 Å². The molecule has 0 spiro atoms. The summed E-state index contributed by atoms with van der Waals surface area (Å²) in [7, 11) is -1.25. The van der Waals surface area contributed by atoms with Crippen LogP contribution in [0, 0.1) is 11.8 Å². The molecule has 0 radical (unpaired) electrons. The minimum absolute atomic E-state index is 0.0746. The lowest BCUT2D eigenvalue weighted by Gasteiger charge is -2.44. The number of methoxy groups -OCH3 is 1. The highest BCUT2D eigenvalue weighted by Crippen LogP contribution is 2.37. The zero-order chi connectivity index (χ0) is 23.8. The van der Waals surface area contributed by atoms with E-state index in [0.717, 1.165) is 0 Å². The SMILES string of the molecule is COC(=O)C/C=C/[C@@H](C)[C@@H](O)[C@@H](C)CO[Si](c1ccccc1)(c1ccccc1)C(C)(C)C. The molecule has 0 aliphatic rings. The summed E-state index contributed by atoms with van der Waals surface area (Å²) in [5, 5.41) is 13.3. The van der Waals surface area contributed by atoms with Gasteiger partial charge >= 0.3 is 5.97 Å². The summed E-state index contributed by atoms with van der Waals surface area (Å²) in [6.45, 7) is 11.2. The van der Waals surface area contributed by atoms with E-state index in [1.807, 2.05) is 32.1 Å². The van der Waals surface area contributed by atoms with E-state index in [4.69, 9.17) is 4.43 Å². The van der Waals surface area contributed by atoms with Crippen LogP contribution < -0.4 is 10.4 Å². The topological polar surface area (TPSA) is 55.8 Å². The van der Waals surface area contributed by atoms with Crippen LogP contribution in [0.4, 0.5) is 0 Å². The van der Waals surface area contributed by atoms with Gasteiger partial charge in [0.1, 0.15) is 0 Å². The molecule has 2 aromatic rings. The van der Waals surface area contributed by atoms with Crippen molar-refractivity contribution in [3.8, 4) is 0 Å². The zero-order valence-electron chi connectivity index (χ0n) is 20.2. The molecule has 32 heavy (non-hydrogen) atoms. The third kappa shape index (κ3) is 6.18. The molecule has 3 atom stereocenters. The maximum absolute atomic E-state index is 11.3. The van der Waals surface area contributed by atoms with Crippen LogP contribution in [0.25, 0.3) is 0 Å². The van der Waals surface area contributed by atoms with E-state index < -0.39 is 14.4 Å². The van der Waals surface area contributed by atoms with Crippen LogP contribution in [0.2, 0.25) is 5.04 Å². The van der Waals surface area contributed by atoms with E-state index in [1.165, 1.54) is 17.5 Å². The number of benzene rings is 2. The van der Waals surface area contributed by atoms with E-state index in [2.05, 4.69) is 74.0 Å². The molecule has 0 aliphatic heterocycles. The van der Waals surface area contributed by atoms with Crippen molar-refractivity contribution in [3.05, 3.63) is 72.8 Å². The number of carbonyl (C=O) groups excluding carboxylic acids is 1. The van der Waals surface area contributed by atoms with Gasteiger partial charge in [0.15, 0.2) is 0 Å². The predicted octanol–water partition coefficient (Wildman–Crippen LogP) is 4.32. The first kappa shape index (κ1) is 26.0. The van der Waals surface area contributed by atoms with Crippen LogP contribution in [-0.4, -0.2) is 39.2 Å². The van der Waals surface area contributed by atoms with E-state index in [9.17, 15) is 9.90 Å². The molecule has 2 rings (SSSR count). The van der Waals surface area contributed by atoms with Crippen molar-refractivity contribution < 1.29 is 19.1 Å². The Morgan fingerprint density at radius 2 is 1.50 bits per heavy atom. The Balaban J connectivity index is 2.28. The summed E-state index contributed by atoms with van der Waals surface area (Å²) in [6, 6.07) is 21.0. The lowest BCUT2D eigenvalue weighted by Crippen LogP contribution is -2.67. The largest absolute Gasteiger partial charge is 0.469 e. The van der Waals surface area contributed by atoms with Crippen molar-refractivity contribution in [1.82, 2.24) is 0 Å². The first-order chi connectivity index (χ1) is 15.1. The molecule has 5 heteroatoms. The summed E-state index contributed by atoms with van der Waals surface area (Å²) >= 11 is 0. The smallest absolute Gasteiger partial charge is 0.309 e. The van der Waals surface area contributed by atoms with Gasteiger partial charge in [-0.05, 0) is 15.4 Å². The molecule has 2 aromatic carbocycles. The molecule has 4 nitrogen and oxygen atoms in total. The van der Waals surface area contributed by atoms with Crippen molar-refractivity contribution >= 4 is 24.7 Å². The van der Waals surface area contributed by atoms with Crippen LogP contribution in [-0.2, 0) is 14.0 Å². The number of esters is 1. The molecular weight excluding hydrogens is 416 g/mol. The summed E-state index contributed by atoms with van der Waals surface area (Å²) < 4.78 is 11.6. The van der Waals surface area contributed by atoms with Crippen molar-refractivity contribution in [1.29, 1.82) is 0 Å². The monoisotopic (exact) mass is 454 g/mol. The van der Waals surface area contributed by atoms with Crippen LogP contribution in [0.1, 0.15) is 41.0 Å². The molecule has 1 N–H and O–H groups in total. The molecule has 0 fully saturated rings. The van der Waals surface area contributed by atoms with Gasteiger partial charge in [-0.2, -0.15) is 0 Å². The van der Waals surface area contributed by atoms with E-state index in [1.54, 1.807) is 6.08 Å². The molecule has 0 bridgehead atoms. The molecule has 0 aliphatic carbocycles. The number of aliphatic hydroxyl groups is 1. The second kappa shape index (κ2) is 11.6. The highest BCUT2D eigenvalue weighted by molar-refractivity contribution is 6.99. The molecule has 0 saturated heterocycles. The molecule has 0 unspecified atom stereocenters. The van der Waals surface area contributed by atoms with Crippen molar-refractivity contribution in [2.75, 3.05) is 13.7 Å². The fourth-order valence-corrected chi connectivity index (χ4v) is 8.88. The average Bonchev–Trinajstić information content (AvgIpc) is 2.79. The number of ether oxygens (including phenoxy) is 1. The molecule has 0 saturated carbocycles. The van der Waals surface area contributed by atoms with Crippen LogP contribution >= 0.6 is 0 Å². The Bertz CT molecular complexity index is 819. The Hall–Kier alpha value is -2.21. The first-order valence-corrected chi connectivity index (χ1v) is 13.2. The van der Waals surface area contributed by atoms with Gasteiger partial charge in [-0.1, -0.05) is 107 Å². The minimum Gasteiger partial charge on any atom is -0.469 e. The van der Waals surface area contributed by atoms with Gasteiger partial charge < -0.3 is 14.3 Å². The summed E-state index contributed by atoms with van der Waals surface area (Å²) in [4.78, 5) is 11.3. The first-order valence-electron chi connectivity index (χ1n) is 11.3. The Morgan fingerprint density at radius 1 is 1.00 bits per heavy atom. The van der Waals surface area contributed by atoms with E-state index >= 15 is 0 Å². The van der Waals surface area contributed by atoms with Crippen molar-refractivity contribution in [2.45, 2.75) is 52.2 Å². The highest BCUT2D eigenvalue weighted by Gasteiger charge is 2.50. The number of hydrogen-bond donors (Lipinski definition) is 1. The fraction of sp³-hybridized carbons (Fsp3) is 0.444. The lowest BCUT2D eigenvalue weighted by atomic mass is 9.93. The molecule has 174 valence electrons. The minimum atomic E-state index is -2.63. The van der Waals surface area contributed by atoms with Crippen LogP contribution in [0.15, 0.2) is 72.8 Å². The van der Waals surface area contributed by atoms with Crippen LogP contribution in [0.3, 0.4) is 0 Å². The van der Waals surface area contributed by atoms with Gasteiger partial charge in [-0.15, -0.1) is 0 Å². The van der Waals surface area contributed by atoms with E-state index in [-0.39, 0.29) is 29.3 Å². The van der Waals surface area contributed by atoms with Crippen molar-refractivity contribution in [3.63, 3.8) is 0 Å². The summed E-state index contributed by atoms with van der Waals surface area (Å²) in [5.41, 5.74) is 0. The summed E-state index contributed by atoms with van der Waals surface area (Å²) in [6.07, 6.45) is 3.26. The predicted molar refractivity (Wildman–Crippen MR) is 134 cm³/mol. The van der Waals surface area contributed by atoms with Crippen molar-refractivity contribution in [2.24, 2.45) is 11.8 Å². The number of hydrogen-bond acceptors (Lipinski definition) is 4. The average molecular weight is 455 g/mol. The van der Waals surface area contributed by atoms with Gasteiger partial charge in [0.25, 0.3) is 8.32 Å². The van der Waals surface area contributed by atoms with Gasteiger partial charge in [0, 0.05) is 18.4 Å². The quantitative estimate of drug-likeness (QED) is 0.330. The third-order valence-corrected chi connectivity index (χ3v) is 11.1. The molecular formula is C27H38O4Si. The second-order valence-electron chi connectivity index (χ2n) is 9.51. The maximum Gasteiger partial charge on any atom is 0.309 e. The van der Waals surface area contributed by atoms with Gasteiger partial charge in [-0.25, -0.2) is 0 Å². The van der Waals surface area contributed by atoms with E-state index in [0.29, 0.717) is 6.61 Å². The lowest BCUT2D eigenvalue weighted by molar-refractivity contribution is -0.139. The van der Waals surface area contributed by atoms with Gasteiger partial charge in [-0.3, -0.25) is 4.79 Å². The fourth-order valence-electron chi connectivity index (χ4n) is 4.21. The number of rotatable bonds is 10. The molecule has 0 aromatic heterocycles. The Morgan fingerprint density at radius 3 is 1.94 bits per heavy atom. The van der Waals surface area contributed by atoms with Gasteiger partial charge in [0.2, 0.25) is 0 Å². The second-order valence-corrected chi connectivity index (χ2v) is 13.8. The molecule has 0 heterocycles. The number of carbonyl (C=O) groups is 1. The standard InChI is InChI=1S/C27H38O4Si/c1-21(14-13-19-25(28)30-6)26(29)22(2)20-31-32(27(3,4)5,23-15-9-7-10-16-23)24-17-11-8-12-18-24/h7-18,21-22,26,29H,19-20H2,1-6H3/b14-13+/t21-,22+,26-/m1/s1. The maximum atomic E-state index is 11.3. The summed E-state index contributed by atoms with van der Waals surface area (Å²) in [5.74, 6) is -0.460. The van der Waals surface area contributed by atoms with Gasteiger partial charge in [0.05, 0.1) is 19.6 Å². The Kier molecular flexibility index (Phi) is 9.43. The number of aliphatic hydroxyl groups excluding tert-OH is 1. The zero-order valence-corrected chi connectivity index (χ0v) is 21.2. The third-order valence-electron chi connectivity index (χ3n) is 6.05. The van der Waals surface area contributed by atoms with Crippen LogP contribution in [0.5, 0.6) is 0 Å². The molecule has 0 amide bonds. The highest BCUT2D eigenvalue weighted by atomic mass is 28.4.